The monoisotopic (exact) mass is 478 g/mol. The van der Waals surface area contributed by atoms with Crippen molar-refractivity contribution in [2.45, 2.75) is 19.9 Å². The van der Waals surface area contributed by atoms with E-state index in [9.17, 15) is 4.79 Å². The number of halogens is 1. The van der Waals surface area contributed by atoms with Crippen LogP contribution in [0, 0.1) is 0 Å². The molecule has 1 amide bonds. The Hall–Kier alpha value is -1.39. The van der Waals surface area contributed by atoms with Crippen LogP contribution in [0.5, 0.6) is 0 Å². The third-order valence-corrected chi connectivity index (χ3v) is 3.40. The number of hydrogen-bond donors (Lipinski definition) is 3. The number of carbonyl (C=O) groups is 1. The van der Waals surface area contributed by atoms with Crippen molar-refractivity contribution in [3.8, 4) is 0 Å². The van der Waals surface area contributed by atoms with Gasteiger partial charge in [-0.05, 0) is 31.0 Å². The fraction of sp³-hybridized carbons (Fsp3) is 0.556. The molecule has 0 aromatic heterocycles. The second-order valence-corrected chi connectivity index (χ2v) is 5.37. The minimum absolute atomic E-state index is 0. The lowest BCUT2D eigenvalue weighted by molar-refractivity contribution is 0.0698. The fourth-order valence-electron chi connectivity index (χ4n) is 2.12. The van der Waals surface area contributed by atoms with Crippen LogP contribution >= 0.6 is 24.0 Å². The van der Waals surface area contributed by atoms with E-state index in [4.69, 9.17) is 9.47 Å². The van der Waals surface area contributed by atoms with Crippen molar-refractivity contribution in [3.05, 3.63) is 35.4 Å². The van der Waals surface area contributed by atoms with Crippen molar-refractivity contribution in [2.24, 2.45) is 4.99 Å². The first-order chi connectivity index (χ1) is 12.2. The number of carbonyl (C=O) groups excluding carboxylic acids is 1. The molecule has 0 aliphatic carbocycles. The van der Waals surface area contributed by atoms with Gasteiger partial charge < -0.3 is 25.4 Å². The molecule has 3 N–H and O–H groups in total. The molecule has 0 atom stereocenters. The molecule has 0 fully saturated rings. The van der Waals surface area contributed by atoms with Gasteiger partial charge in [-0.2, -0.15) is 0 Å². The molecule has 0 bridgehead atoms. The number of guanidine groups is 1. The van der Waals surface area contributed by atoms with Crippen molar-refractivity contribution in [2.75, 3.05) is 47.1 Å². The number of rotatable bonds is 11. The molecule has 0 saturated heterocycles. The molecule has 1 aromatic rings. The number of aliphatic imine (C=N–C) groups is 1. The molecule has 0 heterocycles. The third kappa shape index (κ3) is 10.6. The normalized spacial score (nSPS) is 10.8. The summed E-state index contributed by atoms with van der Waals surface area (Å²) < 4.78 is 10.3. The maximum atomic E-state index is 11.9. The largest absolute Gasteiger partial charge is 0.382 e. The number of hydrogen-bond acceptors (Lipinski definition) is 4. The second kappa shape index (κ2) is 15.8. The highest BCUT2D eigenvalue weighted by Gasteiger charge is 2.05. The number of nitrogens with one attached hydrogen (secondary N) is 3. The van der Waals surface area contributed by atoms with Crippen molar-refractivity contribution >= 4 is 35.8 Å². The van der Waals surface area contributed by atoms with Crippen molar-refractivity contribution in [1.29, 1.82) is 0 Å². The van der Waals surface area contributed by atoms with Crippen LogP contribution in [0.1, 0.15) is 29.3 Å². The number of ether oxygens (including phenoxy) is 2. The highest BCUT2D eigenvalue weighted by molar-refractivity contribution is 14.0. The summed E-state index contributed by atoms with van der Waals surface area (Å²) in [5.41, 5.74) is 1.69. The maximum absolute atomic E-state index is 11.9. The van der Waals surface area contributed by atoms with E-state index in [1.165, 1.54) is 0 Å². The Bertz CT molecular complexity index is 541. The van der Waals surface area contributed by atoms with Crippen molar-refractivity contribution < 1.29 is 14.3 Å². The summed E-state index contributed by atoms with van der Waals surface area (Å²) in [5.74, 6) is 0.667. The molecule has 7 nitrogen and oxygen atoms in total. The Labute approximate surface area is 173 Å². The third-order valence-electron chi connectivity index (χ3n) is 3.40. The van der Waals surface area contributed by atoms with E-state index in [0.717, 1.165) is 24.5 Å². The average Bonchev–Trinajstić information content (AvgIpc) is 2.64. The SMILES string of the molecule is CCNC(=O)c1cccc(CNC(=NC)NCCCOCCOC)c1.I. The van der Waals surface area contributed by atoms with Crippen LogP contribution in [-0.4, -0.2) is 58.9 Å². The first kappa shape index (κ1) is 24.6. The quantitative estimate of drug-likeness (QED) is 0.196. The van der Waals surface area contributed by atoms with E-state index < -0.39 is 0 Å². The highest BCUT2D eigenvalue weighted by atomic mass is 127. The summed E-state index contributed by atoms with van der Waals surface area (Å²) in [7, 11) is 3.39. The summed E-state index contributed by atoms with van der Waals surface area (Å²) in [6.07, 6.45) is 0.886. The van der Waals surface area contributed by atoms with Gasteiger partial charge in [0.25, 0.3) is 5.91 Å². The molecular formula is C18H31IN4O3. The van der Waals surface area contributed by atoms with Gasteiger partial charge in [0.05, 0.1) is 13.2 Å². The zero-order chi connectivity index (χ0) is 18.3. The van der Waals surface area contributed by atoms with Gasteiger partial charge in [0, 0.05) is 46.0 Å². The summed E-state index contributed by atoms with van der Waals surface area (Å²) >= 11 is 0. The average molecular weight is 478 g/mol. The molecule has 26 heavy (non-hydrogen) atoms. The van der Waals surface area contributed by atoms with Crippen LogP contribution in [0.3, 0.4) is 0 Å². The van der Waals surface area contributed by atoms with E-state index in [1.807, 2.05) is 31.2 Å². The van der Waals surface area contributed by atoms with Crippen LogP contribution in [0.15, 0.2) is 29.3 Å². The smallest absolute Gasteiger partial charge is 0.251 e. The zero-order valence-electron chi connectivity index (χ0n) is 15.8. The van der Waals surface area contributed by atoms with Crippen LogP contribution in [0.2, 0.25) is 0 Å². The van der Waals surface area contributed by atoms with Gasteiger partial charge in [-0.15, -0.1) is 24.0 Å². The van der Waals surface area contributed by atoms with Crippen molar-refractivity contribution in [1.82, 2.24) is 16.0 Å². The predicted molar refractivity (Wildman–Crippen MR) is 115 cm³/mol. The molecule has 0 aliphatic rings. The molecule has 1 rings (SSSR count). The first-order valence-electron chi connectivity index (χ1n) is 8.59. The Morgan fingerprint density at radius 3 is 2.65 bits per heavy atom. The number of benzene rings is 1. The van der Waals surface area contributed by atoms with Crippen LogP contribution < -0.4 is 16.0 Å². The molecule has 0 aliphatic heterocycles. The van der Waals surface area contributed by atoms with Gasteiger partial charge in [0.2, 0.25) is 0 Å². The van der Waals surface area contributed by atoms with E-state index in [1.54, 1.807) is 14.2 Å². The Morgan fingerprint density at radius 1 is 1.15 bits per heavy atom. The molecule has 0 radical (unpaired) electrons. The Kier molecular flexibility index (Phi) is 15.0. The van der Waals surface area contributed by atoms with Crippen molar-refractivity contribution in [3.63, 3.8) is 0 Å². The lowest BCUT2D eigenvalue weighted by atomic mass is 10.1. The molecule has 1 aromatic carbocycles. The van der Waals surface area contributed by atoms with Gasteiger partial charge in [0.15, 0.2) is 5.96 Å². The van der Waals surface area contributed by atoms with Gasteiger partial charge >= 0.3 is 0 Å². The van der Waals surface area contributed by atoms with E-state index in [0.29, 0.717) is 38.5 Å². The lowest BCUT2D eigenvalue weighted by Gasteiger charge is -2.12. The predicted octanol–water partition coefficient (Wildman–Crippen LogP) is 1.77. The molecular weight excluding hydrogens is 447 g/mol. The Balaban J connectivity index is 0.00000625. The Morgan fingerprint density at radius 2 is 1.96 bits per heavy atom. The van der Waals surface area contributed by atoms with Gasteiger partial charge in [-0.25, -0.2) is 0 Å². The fourth-order valence-corrected chi connectivity index (χ4v) is 2.12. The number of amides is 1. The molecule has 0 spiro atoms. The zero-order valence-corrected chi connectivity index (χ0v) is 18.2. The first-order valence-corrected chi connectivity index (χ1v) is 8.59. The van der Waals surface area contributed by atoms with Gasteiger partial charge in [-0.1, -0.05) is 12.1 Å². The standard InChI is InChI=1S/C18H30N4O3.HI/c1-4-20-17(23)16-8-5-7-15(13-16)14-22-18(19-2)21-9-6-10-25-12-11-24-3;/h5,7-8,13H,4,6,9-12,14H2,1-3H3,(H,20,23)(H2,19,21,22);1H. The molecule has 0 saturated carbocycles. The second-order valence-electron chi connectivity index (χ2n) is 5.37. The van der Waals surface area contributed by atoms with Gasteiger partial charge in [0.1, 0.15) is 0 Å². The number of methoxy groups -OCH3 is 1. The molecule has 8 heteroatoms. The topological polar surface area (TPSA) is 84.0 Å². The number of nitrogens with zero attached hydrogens (tertiary/aromatic N) is 1. The van der Waals surface area contributed by atoms with Crippen LogP contribution in [0.25, 0.3) is 0 Å². The van der Waals surface area contributed by atoms with E-state index in [-0.39, 0.29) is 29.9 Å². The lowest BCUT2D eigenvalue weighted by Crippen LogP contribution is -2.37. The highest BCUT2D eigenvalue weighted by Crippen LogP contribution is 2.05. The van der Waals surface area contributed by atoms with E-state index >= 15 is 0 Å². The van der Waals surface area contributed by atoms with Crippen LogP contribution in [0.4, 0.5) is 0 Å². The summed E-state index contributed by atoms with van der Waals surface area (Å²) in [6, 6.07) is 7.56. The summed E-state index contributed by atoms with van der Waals surface area (Å²) in [6.45, 7) is 5.80. The molecule has 0 unspecified atom stereocenters. The minimum atomic E-state index is -0.0552. The van der Waals surface area contributed by atoms with E-state index in [2.05, 4.69) is 20.9 Å². The summed E-state index contributed by atoms with van der Waals surface area (Å²) in [4.78, 5) is 16.1. The molecule has 148 valence electrons. The van der Waals surface area contributed by atoms with Gasteiger partial charge in [-0.3, -0.25) is 9.79 Å². The maximum Gasteiger partial charge on any atom is 0.251 e. The minimum Gasteiger partial charge on any atom is -0.382 e. The summed E-state index contributed by atoms with van der Waals surface area (Å²) in [5, 5.41) is 9.28. The van der Waals surface area contributed by atoms with Crippen LogP contribution in [-0.2, 0) is 16.0 Å².